The Labute approximate surface area is 23.3 Å². The van der Waals surface area contributed by atoms with Gasteiger partial charge in [-0.25, -0.2) is 0 Å². The maximum absolute atomic E-state index is 8.81. The van der Waals surface area contributed by atoms with Crippen molar-refractivity contribution >= 4 is 6.72 Å². The van der Waals surface area contributed by atoms with E-state index in [1.165, 1.54) is 0 Å². The molecule has 0 unspecified atom stereocenters. The predicted molar refractivity (Wildman–Crippen MR) is 12.5 cm³/mol. The van der Waals surface area contributed by atoms with Crippen LogP contribution >= 0.6 is 0 Å². The van der Waals surface area contributed by atoms with Gasteiger partial charge in [0.25, 0.3) is 0 Å². The Kier molecular flexibility index (Phi) is 0.581. The van der Waals surface area contributed by atoms with Crippen LogP contribution in [0.2, 0.25) is 0 Å². The number of rotatable bonds is 0. The zero-order chi connectivity index (χ0) is 3.58. The Hall–Kier alpha value is -0.730. The fourth-order valence-corrected chi connectivity index (χ4v) is 0. The van der Waals surface area contributed by atoms with E-state index in [2.05, 4.69) is 6.72 Å². The van der Waals surface area contributed by atoms with Crippen molar-refractivity contribution in [3.8, 4) is 0 Å². The van der Waals surface area contributed by atoms with Gasteiger partial charge in [-0.15, -0.1) is 0 Å². The van der Waals surface area contributed by atoms with Crippen LogP contribution in [0.5, 0.6) is 0 Å². The maximum atomic E-state index is 8.81. The van der Waals surface area contributed by atoms with Crippen LogP contribution in [-0.2, 0) is 0 Å². The first-order valence-electron chi connectivity index (χ1n) is 0.699. The lowest BCUT2D eigenvalue weighted by Crippen LogP contribution is -1.84. The molecule has 0 aromatic carbocycles. The summed E-state index contributed by atoms with van der Waals surface area (Å²) in [5, 5.41) is 16.0. The lowest BCUT2D eigenvalue weighted by atomic mass is 11.7. The van der Waals surface area contributed by atoms with Gasteiger partial charge in [-0.3, -0.25) is 5.21 Å². The molecule has 0 bridgehead atoms. The van der Waals surface area contributed by atoms with Crippen LogP contribution in [0, 0.1) is 5.21 Å². The Bertz CT molecular complexity index is 29.0. The normalized spacial score (nSPS) is 6.00. The van der Waals surface area contributed by atoms with Crippen molar-refractivity contribution in [3.63, 3.8) is 0 Å². The van der Waals surface area contributed by atoms with Crippen LogP contribution in [0.15, 0.2) is 0 Å². The highest BCUT2D eigenvalue weighted by molar-refractivity contribution is 5.13. The van der Waals surface area contributed by atoms with Crippen LogP contribution in [0.1, 0.15) is 0 Å². The highest BCUT2D eigenvalue weighted by Crippen LogP contribution is 1.34. The summed E-state index contributed by atoms with van der Waals surface area (Å²) in [5.41, 5.74) is 0. The van der Waals surface area contributed by atoms with Crippen molar-refractivity contribution in [2.75, 3.05) is 0 Å². The predicted octanol–water partition coefficient (Wildman–Crippen LogP) is -0.414. The van der Waals surface area contributed by atoms with Gasteiger partial charge in [0.05, 0.1) is 0 Å². The molecular formula is CH3NO2. The van der Waals surface area contributed by atoms with Crippen LogP contribution in [-0.4, -0.2) is 16.8 Å². The van der Waals surface area contributed by atoms with Crippen LogP contribution in [0.25, 0.3) is 0 Å². The zero-order valence-corrected chi connectivity index (χ0v) is 2.01. The van der Waals surface area contributed by atoms with Gasteiger partial charge in [0.2, 0.25) is 0 Å². The molecule has 0 amide bonds. The molecule has 0 aliphatic heterocycles. The minimum atomic E-state index is -0.500. The third kappa shape index (κ3) is 0.174. The quantitative estimate of drug-likeness (QED) is 0.179. The van der Waals surface area contributed by atoms with Gasteiger partial charge in [0, 0.05) is 4.90 Å². The van der Waals surface area contributed by atoms with E-state index < -0.39 is 4.90 Å². The Morgan fingerprint density at radius 2 is 2.00 bits per heavy atom. The largest absolute Gasteiger partial charge is 0.418 e. The molecule has 24 valence electrons. The van der Waals surface area contributed by atoms with Gasteiger partial charge < -0.3 is 5.21 Å². The lowest BCUT2D eigenvalue weighted by Gasteiger charge is -1.70. The van der Waals surface area contributed by atoms with Crippen molar-refractivity contribution in [1.82, 2.24) is 0 Å². The van der Waals surface area contributed by atoms with Gasteiger partial charge in [0.1, 0.15) is 0 Å². The summed E-state index contributed by atoms with van der Waals surface area (Å²) in [5.74, 6) is 0. The lowest BCUT2D eigenvalue weighted by molar-refractivity contribution is -0.719. The van der Waals surface area contributed by atoms with E-state index in [0.29, 0.717) is 0 Å². The molecule has 1 N–H and O–H groups in total. The van der Waals surface area contributed by atoms with E-state index in [4.69, 9.17) is 10.4 Å². The average Bonchev–Trinajstić information content (AvgIpc) is 0.811. The second-order valence-corrected chi connectivity index (χ2v) is 0.352. The average molecular weight is 61.0 g/mol. The van der Waals surface area contributed by atoms with E-state index >= 15 is 0 Å². The Morgan fingerprint density at radius 1 is 2.00 bits per heavy atom. The van der Waals surface area contributed by atoms with E-state index in [1.807, 2.05) is 0 Å². The SMILES string of the molecule is C=[N+]([O-])O. The third-order valence-corrected chi connectivity index (χ3v) is 0. The first kappa shape index (κ1) is 3.27. The minimum absolute atomic E-state index is 0.500. The molecule has 0 aromatic heterocycles. The molecule has 3 nitrogen and oxygen atoms in total. The van der Waals surface area contributed by atoms with Gasteiger partial charge >= 0.3 is 0 Å². The van der Waals surface area contributed by atoms with Crippen molar-refractivity contribution < 1.29 is 10.1 Å². The van der Waals surface area contributed by atoms with Gasteiger partial charge in [-0.05, 0) is 0 Å². The summed E-state index contributed by atoms with van der Waals surface area (Å²) < 4.78 is 0. The van der Waals surface area contributed by atoms with Gasteiger partial charge in [0.15, 0.2) is 6.72 Å². The molecule has 0 aliphatic rings. The minimum Gasteiger partial charge on any atom is -0.418 e. The molecule has 0 aliphatic carbocycles. The third-order valence-electron chi connectivity index (χ3n) is 0. The van der Waals surface area contributed by atoms with Gasteiger partial charge in [-0.1, -0.05) is 0 Å². The molecule has 0 radical (unpaired) electrons. The van der Waals surface area contributed by atoms with Crippen molar-refractivity contribution in [2.45, 2.75) is 0 Å². The Balaban J connectivity index is 2.80. The second-order valence-electron chi connectivity index (χ2n) is 0.352. The molecule has 0 atom stereocenters. The smallest absolute Gasteiger partial charge is 0.197 e. The summed E-state index contributed by atoms with van der Waals surface area (Å²) in [6.45, 7) is 2.47. The fraction of sp³-hybridized carbons (Fsp3) is 0. The molecule has 0 aromatic rings. The standard InChI is InChI=1S/CH3NO2/c1-2(3)4/h1H2,(H,3,4). The molecule has 0 saturated heterocycles. The van der Waals surface area contributed by atoms with Crippen LogP contribution in [0.4, 0.5) is 0 Å². The van der Waals surface area contributed by atoms with Crippen molar-refractivity contribution in [1.29, 1.82) is 0 Å². The molecule has 3 heteroatoms. The topological polar surface area (TPSA) is 46.3 Å². The number of nitrogens with zero attached hydrogens (tertiary/aromatic N) is 1. The first-order chi connectivity index (χ1) is 1.73. The van der Waals surface area contributed by atoms with Crippen LogP contribution < -0.4 is 0 Å². The number of hydrogen-bond acceptors (Lipinski definition) is 2. The van der Waals surface area contributed by atoms with Gasteiger partial charge in [-0.2, -0.15) is 0 Å². The summed E-state index contributed by atoms with van der Waals surface area (Å²) in [7, 11) is 0. The highest BCUT2D eigenvalue weighted by Gasteiger charge is 1.50. The van der Waals surface area contributed by atoms with E-state index in [0.717, 1.165) is 0 Å². The summed E-state index contributed by atoms with van der Waals surface area (Å²) >= 11 is 0. The van der Waals surface area contributed by atoms with Crippen LogP contribution in [0.3, 0.4) is 0 Å². The van der Waals surface area contributed by atoms with E-state index in [1.54, 1.807) is 0 Å². The molecule has 0 heterocycles. The highest BCUT2D eigenvalue weighted by atomic mass is 16.8. The molecule has 0 fully saturated rings. The summed E-state index contributed by atoms with van der Waals surface area (Å²) in [6.07, 6.45) is 0. The molecule has 4 heavy (non-hydrogen) atoms. The second kappa shape index (κ2) is 0.711. The molecule has 0 rings (SSSR count). The first-order valence-corrected chi connectivity index (χ1v) is 0.699. The molecule has 0 saturated carbocycles. The zero-order valence-electron chi connectivity index (χ0n) is 2.01. The van der Waals surface area contributed by atoms with E-state index in [-0.39, 0.29) is 0 Å². The fourth-order valence-electron chi connectivity index (χ4n) is 0. The number of hydrogen-bond donors (Lipinski definition) is 1. The van der Waals surface area contributed by atoms with E-state index in [9.17, 15) is 0 Å². The summed E-state index contributed by atoms with van der Waals surface area (Å²) in [6, 6.07) is 0. The maximum Gasteiger partial charge on any atom is 0.197 e. The molecule has 0 spiro atoms. The monoisotopic (exact) mass is 61.0 g/mol. The van der Waals surface area contributed by atoms with Crippen molar-refractivity contribution in [2.24, 2.45) is 0 Å². The molecular weight excluding hydrogens is 58.0 g/mol. The summed E-state index contributed by atoms with van der Waals surface area (Å²) in [4.78, 5) is -0.500. The van der Waals surface area contributed by atoms with Crippen molar-refractivity contribution in [3.05, 3.63) is 5.21 Å². The Morgan fingerprint density at radius 3 is 2.00 bits per heavy atom.